The van der Waals surface area contributed by atoms with E-state index in [-0.39, 0.29) is 0 Å². The van der Waals surface area contributed by atoms with Gasteiger partial charge in [-0.3, -0.25) is 0 Å². The van der Waals surface area contributed by atoms with Crippen molar-refractivity contribution in [2.45, 2.75) is 6.54 Å². The van der Waals surface area contributed by atoms with Crippen molar-refractivity contribution in [2.24, 2.45) is 0 Å². The molecule has 3 nitrogen and oxygen atoms in total. The van der Waals surface area contributed by atoms with Gasteiger partial charge in [0.15, 0.2) is 0 Å². The number of hydrogen-bond donors (Lipinski definition) is 1. The molecule has 0 radical (unpaired) electrons. The van der Waals surface area contributed by atoms with E-state index in [1.54, 1.807) is 6.20 Å². The third-order valence-corrected chi connectivity index (χ3v) is 4.04. The van der Waals surface area contributed by atoms with E-state index in [9.17, 15) is 0 Å². The SMILES string of the molecule is Clc1ccc(Br)c(NCc2ccc(-n3cccn3)cc2)c1. The van der Waals surface area contributed by atoms with E-state index < -0.39 is 0 Å². The van der Waals surface area contributed by atoms with Crippen LogP contribution in [-0.4, -0.2) is 9.78 Å². The molecule has 0 amide bonds. The Labute approximate surface area is 136 Å². The Morgan fingerprint density at radius 2 is 1.95 bits per heavy atom. The fourth-order valence-electron chi connectivity index (χ4n) is 2.02. The first-order valence-corrected chi connectivity index (χ1v) is 7.67. The summed E-state index contributed by atoms with van der Waals surface area (Å²) in [5.74, 6) is 0. The van der Waals surface area contributed by atoms with Crippen molar-refractivity contribution in [3.05, 3.63) is 76.0 Å². The molecule has 0 unspecified atom stereocenters. The molecule has 5 heteroatoms. The van der Waals surface area contributed by atoms with Crippen LogP contribution in [0.3, 0.4) is 0 Å². The van der Waals surface area contributed by atoms with Gasteiger partial charge in [-0.05, 0) is 57.9 Å². The molecule has 0 fully saturated rings. The molecule has 0 saturated heterocycles. The minimum absolute atomic E-state index is 0.717. The van der Waals surface area contributed by atoms with Gasteiger partial charge in [-0.1, -0.05) is 23.7 Å². The average molecular weight is 363 g/mol. The van der Waals surface area contributed by atoms with Gasteiger partial charge in [-0.15, -0.1) is 0 Å². The number of aromatic nitrogens is 2. The fourth-order valence-corrected chi connectivity index (χ4v) is 2.58. The maximum atomic E-state index is 6.01. The summed E-state index contributed by atoms with van der Waals surface area (Å²) < 4.78 is 2.84. The lowest BCUT2D eigenvalue weighted by Gasteiger charge is -2.10. The zero-order chi connectivity index (χ0) is 14.7. The first kappa shape index (κ1) is 14.2. The quantitative estimate of drug-likeness (QED) is 0.715. The third-order valence-electron chi connectivity index (χ3n) is 3.12. The number of nitrogens with zero attached hydrogens (tertiary/aromatic N) is 2. The molecular formula is C16H13BrClN3. The highest BCUT2D eigenvalue weighted by molar-refractivity contribution is 9.10. The molecule has 0 aliphatic rings. The lowest BCUT2D eigenvalue weighted by Crippen LogP contribution is -2.01. The van der Waals surface area contributed by atoms with Crippen LogP contribution in [0.2, 0.25) is 5.02 Å². The Hall–Kier alpha value is -1.78. The van der Waals surface area contributed by atoms with Crippen molar-refractivity contribution >= 4 is 33.2 Å². The van der Waals surface area contributed by atoms with Crippen molar-refractivity contribution in [3.8, 4) is 5.69 Å². The van der Waals surface area contributed by atoms with Crippen LogP contribution in [-0.2, 0) is 6.54 Å². The summed E-state index contributed by atoms with van der Waals surface area (Å²) in [6.07, 6.45) is 3.70. The lowest BCUT2D eigenvalue weighted by atomic mass is 10.2. The fraction of sp³-hybridized carbons (Fsp3) is 0.0625. The normalized spacial score (nSPS) is 10.6. The summed E-state index contributed by atoms with van der Waals surface area (Å²) in [4.78, 5) is 0. The molecule has 106 valence electrons. The van der Waals surface area contributed by atoms with Gasteiger partial charge in [0.25, 0.3) is 0 Å². The molecule has 0 aliphatic carbocycles. The van der Waals surface area contributed by atoms with Gasteiger partial charge < -0.3 is 5.32 Å². The molecule has 1 N–H and O–H groups in total. The predicted octanol–water partition coefficient (Wildman–Crippen LogP) is 4.90. The van der Waals surface area contributed by atoms with Crippen molar-refractivity contribution in [3.63, 3.8) is 0 Å². The Morgan fingerprint density at radius 3 is 2.67 bits per heavy atom. The van der Waals surface area contributed by atoms with Crippen LogP contribution in [0.25, 0.3) is 5.69 Å². The summed E-state index contributed by atoms with van der Waals surface area (Å²) in [6.45, 7) is 0.734. The monoisotopic (exact) mass is 361 g/mol. The summed E-state index contributed by atoms with van der Waals surface area (Å²) in [5, 5.41) is 8.30. The minimum atomic E-state index is 0.717. The molecule has 21 heavy (non-hydrogen) atoms. The largest absolute Gasteiger partial charge is 0.380 e. The van der Waals surface area contributed by atoms with Crippen LogP contribution < -0.4 is 5.32 Å². The van der Waals surface area contributed by atoms with Gasteiger partial charge in [-0.25, -0.2) is 4.68 Å². The topological polar surface area (TPSA) is 29.9 Å². The number of benzene rings is 2. The molecule has 3 rings (SSSR count). The number of anilines is 1. The van der Waals surface area contributed by atoms with Gasteiger partial charge in [0.2, 0.25) is 0 Å². The lowest BCUT2D eigenvalue weighted by molar-refractivity contribution is 0.879. The van der Waals surface area contributed by atoms with Crippen LogP contribution in [0, 0.1) is 0 Å². The summed E-state index contributed by atoms with van der Waals surface area (Å²) in [6, 6.07) is 15.9. The zero-order valence-electron chi connectivity index (χ0n) is 11.1. The Kier molecular flexibility index (Phi) is 4.27. The highest BCUT2D eigenvalue weighted by Gasteiger charge is 2.01. The molecule has 3 aromatic rings. The smallest absolute Gasteiger partial charge is 0.0645 e. The highest BCUT2D eigenvalue weighted by atomic mass is 79.9. The van der Waals surface area contributed by atoms with E-state index in [4.69, 9.17) is 11.6 Å². The maximum absolute atomic E-state index is 6.01. The highest BCUT2D eigenvalue weighted by Crippen LogP contribution is 2.26. The zero-order valence-corrected chi connectivity index (χ0v) is 13.5. The van der Waals surface area contributed by atoms with Gasteiger partial charge in [0.1, 0.15) is 0 Å². The van der Waals surface area contributed by atoms with Gasteiger partial charge in [-0.2, -0.15) is 5.10 Å². The molecule has 0 atom stereocenters. The van der Waals surface area contributed by atoms with E-state index in [2.05, 4.69) is 50.6 Å². The Bertz CT molecular complexity index is 724. The molecular weight excluding hydrogens is 350 g/mol. The van der Waals surface area contributed by atoms with Crippen molar-refractivity contribution < 1.29 is 0 Å². The molecule has 0 spiro atoms. The van der Waals surface area contributed by atoms with Crippen LogP contribution in [0.1, 0.15) is 5.56 Å². The summed E-state index contributed by atoms with van der Waals surface area (Å²) >= 11 is 9.51. The molecule has 2 aromatic carbocycles. The molecule has 0 saturated carbocycles. The number of rotatable bonds is 4. The minimum Gasteiger partial charge on any atom is -0.380 e. The standard InChI is InChI=1S/C16H13BrClN3/c17-15-7-4-13(18)10-16(15)19-11-12-2-5-14(6-3-12)21-9-1-8-20-21/h1-10,19H,11H2. The van der Waals surface area contributed by atoms with Crippen LogP contribution in [0.15, 0.2) is 65.4 Å². The van der Waals surface area contributed by atoms with Gasteiger partial charge in [0.05, 0.1) is 11.4 Å². The van der Waals surface area contributed by atoms with Crippen LogP contribution in [0.4, 0.5) is 5.69 Å². The average Bonchev–Trinajstić information content (AvgIpc) is 3.03. The van der Waals surface area contributed by atoms with Crippen LogP contribution in [0.5, 0.6) is 0 Å². The maximum Gasteiger partial charge on any atom is 0.0645 e. The van der Waals surface area contributed by atoms with Gasteiger partial charge in [0, 0.05) is 28.4 Å². The van der Waals surface area contributed by atoms with Crippen molar-refractivity contribution in [2.75, 3.05) is 5.32 Å². The first-order chi connectivity index (χ1) is 10.2. The number of nitrogens with one attached hydrogen (secondary N) is 1. The van der Waals surface area contributed by atoms with E-state index >= 15 is 0 Å². The Balaban J connectivity index is 1.70. The second-order valence-corrected chi connectivity index (χ2v) is 5.89. The van der Waals surface area contributed by atoms with Crippen LogP contribution >= 0.6 is 27.5 Å². The van der Waals surface area contributed by atoms with E-state index in [0.717, 1.165) is 27.4 Å². The number of hydrogen-bond acceptors (Lipinski definition) is 2. The molecule has 1 aromatic heterocycles. The van der Waals surface area contributed by atoms with Crippen molar-refractivity contribution in [1.82, 2.24) is 9.78 Å². The molecule has 0 aliphatic heterocycles. The first-order valence-electron chi connectivity index (χ1n) is 6.50. The second-order valence-electron chi connectivity index (χ2n) is 4.59. The van der Waals surface area contributed by atoms with E-state index in [1.165, 1.54) is 5.56 Å². The molecule has 1 heterocycles. The van der Waals surface area contributed by atoms with E-state index in [1.807, 2.05) is 35.1 Å². The number of halogens is 2. The Morgan fingerprint density at radius 1 is 1.14 bits per heavy atom. The predicted molar refractivity (Wildman–Crippen MR) is 90.0 cm³/mol. The third kappa shape index (κ3) is 3.46. The van der Waals surface area contributed by atoms with Gasteiger partial charge >= 0.3 is 0 Å². The summed E-state index contributed by atoms with van der Waals surface area (Å²) in [7, 11) is 0. The van der Waals surface area contributed by atoms with E-state index in [0.29, 0.717) is 0 Å². The van der Waals surface area contributed by atoms with Crippen molar-refractivity contribution in [1.29, 1.82) is 0 Å². The second kappa shape index (κ2) is 6.33. The summed E-state index contributed by atoms with van der Waals surface area (Å²) in [5.41, 5.74) is 3.23. The molecule has 0 bridgehead atoms.